The van der Waals surface area contributed by atoms with Crippen LogP contribution in [0.4, 0.5) is 0 Å². The van der Waals surface area contributed by atoms with Crippen LogP contribution in [0.1, 0.15) is 0 Å². The summed E-state index contributed by atoms with van der Waals surface area (Å²) in [5.41, 5.74) is 3.77. The fourth-order valence-electron chi connectivity index (χ4n) is 2.40. The second kappa shape index (κ2) is 4.56. The highest BCUT2D eigenvalue weighted by atomic mass is 16.5. The van der Waals surface area contributed by atoms with Gasteiger partial charge in [0, 0.05) is 23.3 Å². The summed E-state index contributed by atoms with van der Waals surface area (Å²) >= 11 is 0. The molecular weight excluding hydrogens is 264 g/mol. The van der Waals surface area contributed by atoms with Crippen LogP contribution < -0.4 is 4.74 Å². The first-order chi connectivity index (χ1) is 10.3. The molecule has 0 spiro atoms. The zero-order valence-corrected chi connectivity index (χ0v) is 11.4. The number of fused-ring (bicyclic) bond motifs is 3. The van der Waals surface area contributed by atoms with E-state index in [1.807, 2.05) is 42.7 Å². The van der Waals surface area contributed by atoms with Gasteiger partial charge in [0.15, 0.2) is 5.82 Å². The molecular formula is C16H12N4O. The Bertz CT molecular complexity index is 928. The molecule has 3 aromatic heterocycles. The average molecular weight is 276 g/mol. The molecule has 4 aromatic rings. The molecule has 0 radical (unpaired) electrons. The maximum Gasteiger partial charge on any atom is 0.159 e. The number of methoxy groups -OCH3 is 1. The third kappa shape index (κ3) is 1.90. The van der Waals surface area contributed by atoms with Crippen LogP contribution in [-0.2, 0) is 0 Å². The minimum atomic E-state index is 0.690. The third-order valence-electron chi connectivity index (χ3n) is 3.48. The number of ether oxygens (including phenoxy) is 1. The first kappa shape index (κ1) is 11.8. The van der Waals surface area contributed by atoms with Gasteiger partial charge < -0.3 is 9.72 Å². The van der Waals surface area contributed by atoms with E-state index < -0.39 is 0 Å². The molecule has 1 N–H and O–H groups in total. The summed E-state index contributed by atoms with van der Waals surface area (Å²) in [6.45, 7) is 0. The van der Waals surface area contributed by atoms with Crippen LogP contribution >= 0.6 is 0 Å². The Morgan fingerprint density at radius 1 is 1.00 bits per heavy atom. The number of H-pyrrole nitrogens is 1. The molecule has 1 aromatic carbocycles. The van der Waals surface area contributed by atoms with Crippen LogP contribution in [-0.4, -0.2) is 27.0 Å². The summed E-state index contributed by atoms with van der Waals surface area (Å²) in [5, 5.41) is 1.00. The Hall–Kier alpha value is -2.95. The number of nitrogens with zero attached hydrogens (tertiary/aromatic N) is 3. The quantitative estimate of drug-likeness (QED) is 0.610. The van der Waals surface area contributed by atoms with Gasteiger partial charge in [-0.05, 0) is 30.3 Å². The van der Waals surface area contributed by atoms with Crippen molar-refractivity contribution >= 4 is 21.9 Å². The number of aromatic amines is 1. The first-order valence-corrected chi connectivity index (χ1v) is 6.58. The van der Waals surface area contributed by atoms with Gasteiger partial charge >= 0.3 is 0 Å². The SMILES string of the molecule is COc1ccc(-c2ncc3[nH]c4ccncc4c3n2)cc1. The van der Waals surface area contributed by atoms with Gasteiger partial charge in [-0.1, -0.05) is 0 Å². The molecule has 0 atom stereocenters. The van der Waals surface area contributed by atoms with Crippen molar-refractivity contribution in [2.45, 2.75) is 0 Å². The highest BCUT2D eigenvalue weighted by Gasteiger charge is 2.08. The van der Waals surface area contributed by atoms with Crippen LogP contribution in [0.3, 0.4) is 0 Å². The molecule has 4 rings (SSSR count). The van der Waals surface area contributed by atoms with E-state index >= 15 is 0 Å². The summed E-state index contributed by atoms with van der Waals surface area (Å²) in [4.78, 5) is 16.5. The Balaban J connectivity index is 1.90. The fraction of sp³-hybridized carbons (Fsp3) is 0.0625. The standard InChI is InChI=1S/C16H12N4O/c1-21-11-4-2-10(3-5-11)16-18-9-14-15(20-16)12-8-17-7-6-13(12)19-14/h2-9,19H,1H3. The van der Waals surface area contributed by atoms with Crippen molar-refractivity contribution in [2.75, 3.05) is 7.11 Å². The minimum absolute atomic E-state index is 0.690. The molecule has 21 heavy (non-hydrogen) atoms. The van der Waals surface area contributed by atoms with Crippen molar-refractivity contribution < 1.29 is 4.74 Å². The first-order valence-electron chi connectivity index (χ1n) is 6.58. The van der Waals surface area contributed by atoms with Crippen molar-refractivity contribution in [3.8, 4) is 17.1 Å². The van der Waals surface area contributed by atoms with Crippen LogP contribution in [0.2, 0.25) is 0 Å². The molecule has 0 saturated carbocycles. The maximum atomic E-state index is 5.17. The Morgan fingerprint density at radius 2 is 1.86 bits per heavy atom. The monoisotopic (exact) mass is 276 g/mol. The summed E-state index contributed by atoms with van der Waals surface area (Å²) in [6, 6.07) is 9.64. The van der Waals surface area contributed by atoms with Crippen molar-refractivity contribution in [3.05, 3.63) is 48.9 Å². The summed E-state index contributed by atoms with van der Waals surface area (Å²) in [6.07, 6.45) is 5.39. The smallest absolute Gasteiger partial charge is 0.159 e. The Labute approximate surface area is 120 Å². The molecule has 0 aliphatic carbocycles. The van der Waals surface area contributed by atoms with E-state index in [0.717, 1.165) is 33.2 Å². The van der Waals surface area contributed by atoms with Crippen molar-refractivity contribution in [1.82, 2.24) is 19.9 Å². The topological polar surface area (TPSA) is 63.7 Å². The fourth-order valence-corrected chi connectivity index (χ4v) is 2.40. The largest absolute Gasteiger partial charge is 0.497 e. The lowest BCUT2D eigenvalue weighted by Crippen LogP contribution is -1.89. The molecule has 0 amide bonds. The van der Waals surface area contributed by atoms with Crippen LogP contribution in [0.15, 0.2) is 48.9 Å². The van der Waals surface area contributed by atoms with E-state index in [-0.39, 0.29) is 0 Å². The number of hydrogen-bond acceptors (Lipinski definition) is 4. The molecule has 102 valence electrons. The second-order valence-electron chi connectivity index (χ2n) is 4.73. The predicted molar refractivity (Wildman–Crippen MR) is 81.2 cm³/mol. The molecule has 0 aliphatic rings. The van der Waals surface area contributed by atoms with E-state index in [1.165, 1.54) is 0 Å². The average Bonchev–Trinajstić information content (AvgIpc) is 2.93. The summed E-state index contributed by atoms with van der Waals surface area (Å²) in [5.74, 6) is 1.51. The second-order valence-corrected chi connectivity index (χ2v) is 4.73. The highest BCUT2D eigenvalue weighted by Crippen LogP contribution is 2.25. The van der Waals surface area contributed by atoms with Gasteiger partial charge in [0.1, 0.15) is 11.3 Å². The summed E-state index contributed by atoms with van der Waals surface area (Å²) < 4.78 is 5.17. The zero-order valence-electron chi connectivity index (χ0n) is 11.4. The van der Waals surface area contributed by atoms with E-state index in [0.29, 0.717) is 5.82 Å². The van der Waals surface area contributed by atoms with E-state index in [2.05, 4.69) is 19.9 Å². The maximum absolute atomic E-state index is 5.17. The van der Waals surface area contributed by atoms with Crippen molar-refractivity contribution in [3.63, 3.8) is 0 Å². The van der Waals surface area contributed by atoms with Crippen LogP contribution in [0.5, 0.6) is 5.75 Å². The molecule has 0 bridgehead atoms. The van der Waals surface area contributed by atoms with Gasteiger partial charge in [0.2, 0.25) is 0 Å². The number of rotatable bonds is 2. The lowest BCUT2D eigenvalue weighted by atomic mass is 10.2. The van der Waals surface area contributed by atoms with Gasteiger partial charge in [-0.2, -0.15) is 0 Å². The molecule has 5 heteroatoms. The van der Waals surface area contributed by atoms with Gasteiger partial charge in [-0.3, -0.25) is 4.98 Å². The lowest BCUT2D eigenvalue weighted by Gasteiger charge is -2.02. The molecule has 0 saturated heterocycles. The van der Waals surface area contributed by atoms with Gasteiger partial charge in [-0.15, -0.1) is 0 Å². The number of hydrogen-bond donors (Lipinski definition) is 1. The molecule has 0 fully saturated rings. The predicted octanol–water partition coefficient (Wildman–Crippen LogP) is 3.18. The number of nitrogens with one attached hydrogen (secondary N) is 1. The summed E-state index contributed by atoms with van der Waals surface area (Å²) in [7, 11) is 1.65. The van der Waals surface area contributed by atoms with Gasteiger partial charge in [-0.25, -0.2) is 9.97 Å². The van der Waals surface area contributed by atoms with Crippen LogP contribution in [0.25, 0.3) is 33.3 Å². The lowest BCUT2D eigenvalue weighted by molar-refractivity contribution is 0.415. The molecule has 3 heterocycles. The normalized spacial score (nSPS) is 11.1. The van der Waals surface area contributed by atoms with E-state index in [1.54, 1.807) is 13.3 Å². The van der Waals surface area contributed by atoms with E-state index in [9.17, 15) is 0 Å². The number of pyridine rings is 1. The highest BCUT2D eigenvalue weighted by molar-refractivity contribution is 6.04. The number of aromatic nitrogens is 4. The zero-order chi connectivity index (χ0) is 14.2. The van der Waals surface area contributed by atoms with Gasteiger partial charge in [0.25, 0.3) is 0 Å². The Kier molecular flexibility index (Phi) is 2.57. The van der Waals surface area contributed by atoms with Crippen molar-refractivity contribution in [1.29, 1.82) is 0 Å². The van der Waals surface area contributed by atoms with Crippen molar-refractivity contribution in [2.24, 2.45) is 0 Å². The Morgan fingerprint density at radius 3 is 2.67 bits per heavy atom. The minimum Gasteiger partial charge on any atom is -0.497 e. The molecule has 0 aliphatic heterocycles. The van der Waals surface area contributed by atoms with Gasteiger partial charge in [0.05, 0.1) is 24.3 Å². The van der Waals surface area contributed by atoms with E-state index in [4.69, 9.17) is 4.74 Å². The third-order valence-corrected chi connectivity index (χ3v) is 3.48. The molecule has 5 nitrogen and oxygen atoms in total. The van der Waals surface area contributed by atoms with Crippen LogP contribution in [0, 0.1) is 0 Å². The number of benzene rings is 1. The molecule has 0 unspecified atom stereocenters.